The molecule has 0 atom stereocenters. The minimum atomic E-state index is 0. The van der Waals surface area contributed by atoms with Crippen molar-refractivity contribution in [2.24, 2.45) is 5.92 Å². The van der Waals surface area contributed by atoms with Crippen molar-refractivity contribution < 1.29 is 4.79 Å². The van der Waals surface area contributed by atoms with Crippen LogP contribution < -0.4 is 4.90 Å². The van der Waals surface area contributed by atoms with Gasteiger partial charge in [-0.2, -0.15) is 0 Å². The van der Waals surface area contributed by atoms with Crippen molar-refractivity contribution in [3.05, 3.63) is 28.2 Å². The summed E-state index contributed by atoms with van der Waals surface area (Å²) in [5, 5.41) is 1.29. The number of nitrogens with zero attached hydrogens (tertiary/aromatic N) is 3. The third-order valence-corrected chi connectivity index (χ3v) is 6.46. The Morgan fingerprint density at radius 3 is 2.25 bits per heavy atom. The number of anilines is 1. The fourth-order valence-electron chi connectivity index (χ4n) is 4.06. The van der Waals surface area contributed by atoms with Crippen molar-refractivity contribution in [3.63, 3.8) is 0 Å². The van der Waals surface area contributed by atoms with Crippen molar-refractivity contribution in [1.29, 1.82) is 0 Å². The maximum Gasteiger partial charge on any atom is 0.143 e. The third-order valence-electron chi connectivity index (χ3n) is 5.65. The van der Waals surface area contributed by atoms with Gasteiger partial charge in [0.05, 0.1) is 22.3 Å². The molecule has 8 heteroatoms. The molecule has 2 saturated heterocycles. The SMILES string of the molecule is CC(=O)CN1CCC(CCN2CCN(c3cccc(Cl)c3Cl)CC2)CC1.Cl.Cl. The molecule has 0 unspecified atom stereocenters. The van der Waals surface area contributed by atoms with Gasteiger partial charge < -0.3 is 4.90 Å². The van der Waals surface area contributed by atoms with E-state index in [0.717, 1.165) is 50.9 Å². The van der Waals surface area contributed by atoms with Crippen LogP contribution in [0.25, 0.3) is 0 Å². The topological polar surface area (TPSA) is 26.8 Å². The van der Waals surface area contributed by atoms with Gasteiger partial charge in [0.2, 0.25) is 0 Å². The van der Waals surface area contributed by atoms with Crippen LogP contribution in [0.5, 0.6) is 0 Å². The van der Waals surface area contributed by atoms with E-state index in [9.17, 15) is 4.79 Å². The van der Waals surface area contributed by atoms with Crippen LogP contribution >= 0.6 is 48.0 Å². The first kappa shape index (κ1) is 25.8. The maximum atomic E-state index is 11.2. The number of hydrogen-bond donors (Lipinski definition) is 0. The minimum absolute atomic E-state index is 0. The molecule has 2 aliphatic heterocycles. The first-order chi connectivity index (χ1) is 12.5. The number of carbonyl (C=O) groups excluding carboxylic acids is 1. The van der Waals surface area contributed by atoms with Crippen molar-refractivity contribution in [3.8, 4) is 0 Å². The van der Waals surface area contributed by atoms with E-state index in [1.807, 2.05) is 12.1 Å². The van der Waals surface area contributed by atoms with E-state index in [0.29, 0.717) is 16.6 Å². The molecule has 0 saturated carbocycles. The van der Waals surface area contributed by atoms with E-state index in [1.54, 1.807) is 6.92 Å². The van der Waals surface area contributed by atoms with Crippen molar-refractivity contribution in [2.45, 2.75) is 26.2 Å². The minimum Gasteiger partial charge on any atom is -0.368 e. The Bertz CT molecular complexity index is 615. The molecule has 2 heterocycles. The van der Waals surface area contributed by atoms with Crippen LogP contribution in [0.2, 0.25) is 10.0 Å². The predicted octanol–water partition coefficient (Wildman–Crippen LogP) is 4.65. The summed E-state index contributed by atoms with van der Waals surface area (Å²) in [6.07, 6.45) is 3.72. The van der Waals surface area contributed by atoms with Gasteiger partial charge in [-0.15, -0.1) is 24.8 Å². The quantitative estimate of drug-likeness (QED) is 0.604. The zero-order valence-corrected chi connectivity index (χ0v) is 19.6. The fourth-order valence-corrected chi connectivity index (χ4v) is 4.48. The molecule has 0 bridgehead atoms. The summed E-state index contributed by atoms with van der Waals surface area (Å²) in [4.78, 5) is 18.4. The standard InChI is InChI=1S/C20H29Cl2N3O.2ClH/c1-16(26)15-24-9-6-17(7-10-24)5-8-23-11-13-25(14-12-23)19-4-2-3-18(21)20(19)22;;/h2-4,17H,5-15H2,1H3;2*1H. The Hall–Kier alpha value is -0.230. The second-order valence-electron chi connectivity index (χ2n) is 7.61. The summed E-state index contributed by atoms with van der Waals surface area (Å²) >= 11 is 12.5. The molecule has 0 aliphatic carbocycles. The van der Waals surface area contributed by atoms with Gasteiger partial charge in [-0.3, -0.25) is 14.6 Å². The number of halogens is 4. The molecule has 0 amide bonds. The van der Waals surface area contributed by atoms with E-state index >= 15 is 0 Å². The molecule has 3 rings (SSSR count). The van der Waals surface area contributed by atoms with E-state index in [-0.39, 0.29) is 30.6 Å². The number of piperazine rings is 1. The molecule has 2 aliphatic rings. The molecular formula is C20H31Cl4N3O. The largest absolute Gasteiger partial charge is 0.368 e. The van der Waals surface area contributed by atoms with E-state index in [2.05, 4.69) is 20.8 Å². The Kier molecular flexibility index (Phi) is 11.5. The van der Waals surface area contributed by atoms with Crippen molar-refractivity contribution >= 4 is 59.5 Å². The highest BCUT2D eigenvalue weighted by Crippen LogP contribution is 2.33. The van der Waals surface area contributed by atoms with E-state index in [4.69, 9.17) is 23.2 Å². The molecule has 0 spiro atoms. The van der Waals surface area contributed by atoms with Crippen LogP contribution in [-0.2, 0) is 4.79 Å². The van der Waals surface area contributed by atoms with Crippen LogP contribution in [-0.4, -0.2) is 67.9 Å². The Morgan fingerprint density at radius 2 is 1.64 bits per heavy atom. The number of piperidine rings is 1. The highest BCUT2D eigenvalue weighted by Gasteiger charge is 2.23. The van der Waals surface area contributed by atoms with Crippen LogP contribution in [0.15, 0.2) is 18.2 Å². The summed E-state index contributed by atoms with van der Waals surface area (Å²) in [5.74, 6) is 1.08. The number of Topliss-reactive ketones (excluding diaryl/α,β-unsaturated/α-hetero) is 1. The normalized spacial score (nSPS) is 19.0. The van der Waals surface area contributed by atoms with Gasteiger partial charge in [0, 0.05) is 26.2 Å². The van der Waals surface area contributed by atoms with Gasteiger partial charge in [-0.1, -0.05) is 29.3 Å². The molecular weight excluding hydrogens is 440 g/mol. The average Bonchev–Trinajstić information content (AvgIpc) is 2.63. The smallest absolute Gasteiger partial charge is 0.143 e. The number of hydrogen-bond acceptors (Lipinski definition) is 4. The van der Waals surface area contributed by atoms with Crippen molar-refractivity contribution in [1.82, 2.24) is 9.80 Å². The summed E-state index contributed by atoms with van der Waals surface area (Å²) in [7, 11) is 0. The van der Waals surface area contributed by atoms with Crippen LogP contribution in [0.4, 0.5) is 5.69 Å². The first-order valence-electron chi connectivity index (χ1n) is 9.66. The average molecular weight is 471 g/mol. The summed E-state index contributed by atoms with van der Waals surface area (Å²) in [6.45, 7) is 9.78. The number of ketones is 1. The lowest BCUT2D eigenvalue weighted by molar-refractivity contribution is -0.118. The van der Waals surface area contributed by atoms with Gasteiger partial charge in [0.1, 0.15) is 5.78 Å². The number of carbonyl (C=O) groups is 1. The lowest BCUT2D eigenvalue weighted by Gasteiger charge is -2.38. The lowest BCUT2D eigenvalue weighted by Crippen LogP contribution is -2.47. The van der Waals surface area contributed by atoms with E-state index in [1.165, 1.54) is 25.8 Å². The van der Waals surface area contributed by atoms with Crippen LogP contribution in [0, 0.1) is 5.92 Å². The molecule has 0 N–H and O–H groups in total. The molecule has 160 valence electrons. The van der Waals surface area contributed by atoms with Gasteiger partial charge in [-0.25, -0.2) is 0 Å². The molecule has 0 radical (unpaired) electrons. The lowest BCUT2D eigenvalue weighted by atomic mass is 9.93. The molecule has 1 aromatic carbocycles. The monoisotopic (exact) mass is 469 g/mol. The fraction of sp³-hybridized carbons (Fsp3) is 0.650. The Morgan fingerprint density at radius 1 is 1.00 bits per heavy atom. The number of benzene rings is 1. The summed E-state index contributed by atoms with van der Waals surface area (Å²) in [5.41, 5.74) is 1.05. The molecule has 28 heavy (non-hydrogen) atoms. The van der Waals surface area contributed by atoms with Gasteiger partial charge in [-0.05, 0) is 63.9 Å². The Balaban J connectivity index is 0.00000196. The highest BCUT2D eigenvalue weighted by atomic mass is 35.5. The predicted molar refractivity (Wildman–Crippen MR) is 124 cm³/mol. The summed E-state index contributed by atoms with van der Waals surface area (Å²) in [6, 6.07) is 5.86. The molecule has 0 aromatic heterocycles. The second-order valence-corrected chi connectivity index (χ2v) is 8.40. The van der Waals surface area contributed by atoms with Gasteiger partial charge in [0.15, 0.2) is 0 Å². The molecule has 4 nitrogen and oxygen atoms in total. The number of likely N-dealkylation sites (tertiary alicyclic amines) is 1. The molecule has 1 aromatic rings. The van der Waals surface area contributed by atoms with Crippen molar-refractivity contribution in [2.75, 3.05) is 57.3 Å². The third kappa shape index (κ3) is 7.23. The highest BCUT2D eigenvalue weighted by molar-refractivity contribution is 6.43. The van der Waals surface area contributed by atoms with Crippen LogP contribution in [0.3, 0.4) is 0 Å². The van der Waals surface area contributed by atoms with E-state index < -0.39 is 0 Å². The maximum absolute atomic E-state index is 11.2. The number of rotatable bonds is 6. The first-order valence-corrected chi connectivity index (χ1v) is 10.4. The van der Waals surface area contributed by atoms with Gasteiger partial charge in [0.25, 0.3) is 0 Å². The Labute approximate surface area is 191 Å². The summed E-state index contributed by atoms with van der Waals surface area (Å²) < 4.78 is 0. The van der Waals surface area contributed by atoms with Gasteiger partial charge >= 0.3 is 0 Å². The zero-order chi connectivity index (χ0) is 18.5. The second kappa shape index (κ2) is 12.5. The van der Waals surface area contributed by atoms with Crippen LogP contribution in [0.1, 0.15) is 26.2 Å². The molecule has 2 fully saturated rings. The zero-order valence-electron chi connectivity index (χ0n) is 16.4.